The minimum Gasteiger partial charge on any atom is -0.330 e. The van der Waals surface area contributed by atoms with E-state index in [-0.39, 0.29) is 0 Å². The SMILES string of the molecule is CCCCCCC#CCCCCCCC#CCCCCCCN. The molecule has 0 aliphatic heterocycles. The van der Waals surface area contributed by atoms with E-state index in [4.69, 9.17) is 5.73 Å². The van der Waals surface area contributed by atoms with Crippen LogP contribution in [-0.2, 0) is 0 Å². The van der Waals surface area contributed by atoms with Gasteiger partial charge in [-0.1, -0.05) is 51.9 Å². The van der Waals surface area contributed by atoms with Crippen LogP contribution < -0.4 is 5.73 Å². The van der Waals surface area contributed by atoms with Gasteiger partial charge in [-0.25, -0.2) is 0 Å². The average Bonchev–Trinajstić information content (AvgIpc) is 2.57. The molecule has 0 aliphatic rings. The molecule has 0 aromatic carbocycles. The van der Waals surface area contributed by atoms with Crippen molar-refractivity contribution < 1.29 is 0 Å². The molecule has 0 aromatic rings. The molecule has 0 fully saturated rings. The van der Waals surface area contributed by atoms with Crippen molar-refractivity contribution in [2.24, 2.45) is 5.73 Å². The van der Waals surface area contributed by atoms with E-state index in [1.54, 1.807) is 0 Å². The monoisotopic (exact) mass is 317 g/mol. The van der Waals surface area contributed by atoms with Crippen molar-refractivity contribution in [3.8, 4) is 23.7 Å². The van der Waals surface area contributed by atoms with Gasteiger partial charge in [0.15, 0.2) is 0 Å². The Labute approximate surface area is 146 Å². The Morgan fingerprint density at radius 2 is 0.826 bits per heavy atom. The normalized spacial score (nSPS) is 9.83. The largest absolute Gasteiger partial charge is 0.330 e. The summed E-state index contributed by atoms with van der Waals surface area (Å²) in [4.78, 5) is 0. The van der Waals surface area contributed by atoms with Gasteiger partial charge in [0, 0.05) is 25.7 Å². The number of hydrogen-bond donors (Lipinski definition) is 1. The number of rotatable bonds is 14. The Balaban J connectivity index is 3.17. The second kappa shape index (κ2) is 21.1. The summed E-state index contributed by atoms with van der Waals surface area (Å²) in [6.45, 7) is 3.08. The smallest absolute Gasteiger partial charge is 0.00886 e. The summed E-state index contributed by atoms with van der Waals surface area (Å²) in [6, 6.07) is 0. The third-order valence-electron chi connectivity index (χ3n) is 4.01. The zero-order valence-corrected chi connectivity index (χ0v) is 15.6. The fraction of sp³-hybridized carbons (Fsp3) is 0.818. The van der Waals surface area contributed by atoms with E-state index in [0.717, 1.165) is 38.6 Å². The zero-order valence-electron chi connectivity index (χ0n) is 15.6. The predicted octanol–water partition coefficient (Wildman–Crippen LogP) is 6.21. The molecule has 0 bridgehead atoms. The van der Waals surface area contributed by atoms with Crippen molar-refractivity contribution in [2.45, 2.75) is 110 Å². The Kier molecular flexibility index (Phi) is 20.2. The van der Waals surface area contributed by atoms with Crippen LogP contribution in [0.4, 0.5) is 0 Å². The summed E-state index contributed by atoms with van der Waals surface area (Å²) < 4.78 is 0. The minimum absolute atomic E-state index is 0.830. The first-order valence-corrected chi connectivity index (χ1v) is 10.0. The van der Waals surface area contributed by atoms with Crippen LogP contribution in [0.15, 0.2) is 0 Å². The van der Waals surface area contributed by atoms with E-state index < -0.39 is 0 Å². The number of nitrogens with two attached hydrogens (primary N) is 1. The standard InChI is InChI=1S/C22H39N/c1-2-3-4-5-6-7-8-9-10-11-12-13-14-15-16-17-18-19-20-21-22-23/h2-6,9-14,17-23H2,1H3. The summed E-state index contributed by atoms with van der Waals surface area (Å²) in [6.07, 6.45) is 19.7. The van der Waals surface area contributed by atoms with Crippen molar-refractivity contribution in [3.63, 3.8) is 0 Å². The third-order valence-corrected chi connectivity index (χ3v) is 4.01. The van der Waals surface area contributed by atoms with Crippen LogP contribution in [-0.4, -0.2) is 6.54 Å². The summed E-state index contributed by atoms with van der Waals surface area (Å²) in [5, 5.41) is 0. The van der Waals surface area contributed by atoms with Crippen molar-refractivity contribution in [1.82, 2.24) is 0 Å². The quantitative estimate of drug-likeness (QED) is 0.299. The van der Waals surface area contributed by atoms with Gasteiger partial charge >= 0.3 is 0 Å². The molecular weight excluding hydrogens is 278 g/mol. The molecular formula is C22H39N. The number of unbranched alkanes of at least 4 members (excludes halogenated alkanes) is 13. The van der Waals surface area contributed by atoms with Crippen LogP contribution in [0, 0.1) is 23.7 Å². The van der Waals surface area contributed by atoms with Gasteiger partial charge in [0.2, 0.25) is 0 Å². The van der Waals surface area contributed by atoms with Gasteiger partial charge in [0.25, 0.3) is 0 Å². The predicted molar refractivity (Wildman–Crippen MR) is 104 cm³/mol. The van der Waals surface area contributed by atoms with Crippen LogP contribution in [0.5, 0.6) is 0 Å². The lowest BCUT2D eigenvalue weighted by molar-refractivity contribution is 0.654. The maximum atomic E-state index is 5.47. The molecule has 0 spiro atoms. The van der Waals surface area contributed by atoms with E-state index in [2.05, 4.69) is 30.6 Å². The number of hydrogen-bond acceptors (Lipinski definition) is 1. The highest BCUT2D eigenvalue weighted by Gasteiger charge is 1.89. The highest BCUT2D eigenvalue weighted by atomic mass is 14.5. The van der Waals surface area contributed by atoms with Crippen molar-refractivity contribution in [3.05, 3.63) is 0 Å². The van der Waals surface area contributed by atoms with Crippen molar-refractivity contribution in [2.75, 3.05) is 6.54 Å². The maximum Gasteiger partial charge on any atom is 0.00886 e. The van der Waals surface area contributed by atoms with Gasteiger partial charge in [-0.05, 0) is 38.6 Å². The van der Waals surface area contributed by atoms with Crippen molar-refractivity contribution in [1.29, 1.82) is 0 Å². The lowest BCUT2D eigenvalue weighted by Crippen LogP contribution is -1.97. The summed E-state index contributed by atoms with van der Waals surface area (Å²) >= 11 is 0. The van der Waals surface area contributed by atoms with Gasteiger partial charge in [0.05, 0.1) is 0 Å². The minimum atomic E-state index is 0.830. The highest BCUT2D eigenvalue weighted by Crippen LogP contribution is 2.05. The summed E-state index contributed by atoms with van der Waals surface area (Å²) in [5.41, 5.74) is 5.47. The topological polar surface area (TPSA) is 26.0 Å². The van der Waals surface area contributed by atoms with Gasteiger partial charge in [-0.2, -0.15) is 0 Å². The van der Waals surface area contributed by atoms with E-state index >= 15 is 0 Å². The molecule has 0 saturated carbocycles. The van der Waals surface area contributed by atoms with Gasteiger partial charge in [0.1, 0.15) is 0 Å². The molecule has 0 heterocycles. The molecule has 0 aliphatic carbocycles. The van der Waals surface area contributed by atoms with Crippen LogP contribution in [0.2, 0.25) is 0 Å². The van der Waals surface area contributed by atoms with Crippen LogP contribution in [0.1, 0.15) is 110 Å². The van der Waals surface area contributed by atoms with E-state index in [1.807, 2.05) is 0 Å². The lowest BCUT2D eigenvalue weighted by atomic mass is 10.1. The summed E-state index contributed by atoms with van der Waals surface area (Å²) in [7, 11) is 0. The molecule has 1 heteroatoms. The van der Waals surface area contributed by atoms with Gasteiger partial charge < -0.3 is 5.73 Å². The highest BCUT2D eigenvalue weighted by molar-refractivity contribution is 4.99. The average molecular weight is 318 g/mol. The molecule has 0 unspecified atom stereocenters. The lowest BCUT2D eigenvalue weighted by Gasteiger charge is -1.96. The molecule has 2 N–H and O–H groups in total. The maximum absolute atomic E-state index is 5.47. The molecule has 0 atom stereocenters. The first-order valence-electron chi connectivity index (χ1n) is 10.0. The van der Waals surface area contributed by atoms with E-state index in [9.17, 15) is 0 Å². The Bertz CT molecular complexity index is 336. The molecule has 0 aromatic heterocycles. The van der Waals surface area contributed by atoms with Crippen molar-refractivity contribution >= 4 is 0 Å². The first-order chi connectivity index (χ1) is 11.4. The van der Waals surface area contributed by atoms with E-state index in [0.29, 0.717) is 0 Å². The van der Waals surface area contributed by atoms with Crippen LogP contribution >= 0.6 is 0 Å². The molecule has 0 saturated heterocycles. The molecule has 0 radical (unpaired) electrons. The fourth-order valence-electron chi connectivity index (χ4n) is 2.49. The molecule has 23 heavy (non-hydrogen) atoms. The van der Waals surface area contributed by atoms with Crippen LogP contribution in [0.25, 0.3) is 0 Å². The fourth-order valence-corrected chi connectivity index (χ4v) is 2.49. The van der Waals surface area contributed by atoms with Crippen LogP contribution in [0.3, 0.4) is 0 Å². The second-order valence-corrected chi connectivity index (χ2v) is 6.38. The third kappa shape index (κ3) is 21.1. The molecule has 1 nitrogen and oxygen atoms in total. The zero-order chi connectivity index (χ0) is 16.8. The van der Waals surface area contributed by atoms with E-state index in [1.165, 1.54) is 70.6 Å². The summed E-state index contributed by atoms with van der Waals surface area (Å²) in [5.74, 6) is 13.2. The molecule has 132 valence electrons. The van der Waals surface area contributed by atoms with Gasteiger partial charge in [-0.3, -0.25) is 0 Å². The van der Waals surface area contributed by atoms with Gasteiger partial charge in [-0.15, -0.1) is 23.7 Å². The Morgan fingerprint density at radius 1 is 0.478 bits per heavy atom. The Morgan fingerprint density at radius 3 is 1.17 bits per heavy atom. The Hall–Kier alpha value is -0.920. The first kappa shape index (κ1) is 22.1. The molecule has 0 amide bonds. The molecule has 0 rings (SSSR count). The second-order valence-electron chi connectivity index (χ2n) is 6.38.